The van der Waals surface area contributed by atoms with Crippen LogP contribution in [0, 0.1) is 0 Å². The fourth-order valence-corrected chi connectivity index (χ4v) is 2.26. The van der Waals surface area contributed by atoms with Crippen LogP contribution in [0.4, 0.5) is 0 Å². The van der Waals surface area contributed by atoms with Gasteiger partial charge in [0.1, 0.15) is 0 Å². The molecular weight excluding hydrogens is 268 g/mol. The molecule has 0 bridgehead atoms. The average molecular weight is 307 g/mol. The van der Waals surface area contributed by atoms with Gasteiger partial charge in [0.2, 0.25) is 0 Å². The van der Waals surface area contributed by atoms with Gasteiger partial charge in [-0.05, 0) is 39.5 Å². The summed E-state index contributed by atoms with van der Waals surface area (Å²) in [6, 6.07) is 0. The summed E-state index contributed by atoms with van der Waals surface area (Å²) in [6.07, 6.45) is 2.46. The summed E-state index contributed by atoms with van der Waals surface area (Å²) in [5, 5.41) is 3.20. The molecule has 1 fully saturated rings. The summed E-state index contributed by atoms with van der Waals surface area (Å²) >= 11 is 4.00. The highest BCUT2D eigenvalue weighted by molar-refractivity contribution is 7.78. The Hall–Kier alpha value is 0.190. The third-order valence-corrected chi connectivity index (χ3v) is 3.35. The first-order valence-corrected chi connectivity index (χ1v) is 8.78. The van der Waals surface area contributed by atoms with Crippen molar-refractivity contribution >= 4 is 12.8 Å². The van der Waals surface area contributed by atoms with Gasteiger partial charge in [0.05, 0.1) is 0 Å². The van der Waals surface area contributed by atoms with Crippen molar-refractivity contribution in [1.29, 1.82) is 0 Å². The van der Waals surface area contributed by atoms with Crippen LogP contribution in [0.25, 0.3) is 0 Å². The van der Waals surface area contributed by atoms with E-state index < -0.39 is 0 Å². The van der Waals surface area contributed by atoms with Gasteiger partial charge < -0.3 is 15.1 Å². The van der Waals surface area contributed by atoms with Crippen LogP contribution in [-0.4, -0.2) is 69.2 Å². The van der Waals surface area contributed by atoms with Crippen molar-refractivity contribution in [1.82, 2.24) is 19.8 Å². The highest BCUT2D eigenvalue weighted by Gasteiger charge is 2.15. The van der Waals surface area contributed by atoms with Crippen LogP contribution in [0.1, 0.15) is 40.5 Å². The molecule has 0 unspecified atom stereocenters. The van der Waals surface area contributed by atoms with E-state index in [1.807, 2.05) is 34.7 Å². The molecule has 4 nitrogen and oxygen atoms in total. The predicted octanol–water partition coefficient (Wildman–Crippen LogP) is 2.09. The summed E-state index contributed by atoms with van der Waals surface area (Å²) < 4.78 is 2.90. The molecule has 1 rings (SSSR count). The van der Waals surface area contributed by atoms with Crippen LogP contribution < -0.4 is 10.0 Å². The Morgan fingerprint density at radius 1 is 0.800 bits per heavy atom. The van der Waals surface area contributed by atoms with E-state index in [4.69, 9.17) is 0 Å². The lowest BCUT2D eigenvalue weighted by molar-refractivity contribution is 0.131. The first kappa shape index (κ1) is 22.5. The molecule has 0 spiro atoms. The molecule has 1 aliphatic rings. The van der Waals surface area contributed by atoms with Crippen molar-refractivity contribution in [3.05, 3.63) is 0 Å². The fourth-order valence-electron chi connectivity index (χ4n) is 2.10. The predicted molar refractivity (Wildman–Crippen MR) is 95.7 cm³/mol. The number of piperazine rings is 1. The number of hydrogen-bond donors (Lipinski definition) is 3. The highest BCUT2D eigenvalue weighted by atomic mass is 32.1. The Morgan fingerprint density at radius 2 is 1.20 bits per heavy atom. The van der Waals surface area contributed by atoms with E-state index in [2.05, 4.69) is 32.7 Å². The van der Waals surface area contributed by atoms with Gasteiger partial charge in [-0.1, -0.05) is 40.5 Å². The van der Waals surface area contributed by atoms with Crippen LogP contribution in [0.5, 0.6) is 0 Å². The molecular formula is C15H38N4S. The molecule has 0 radical (unpaired) electrons. The van der Waals surface area contributed by atoms with Crippen molar-refractivity contribution in [3.8, 4) is 0 Å². The smallest absolute Gasteiger partial charge is 0.0110 e. The summed E-state index contributed by atoms with van der Waals surface area (Å²) in [6.45, 7) is 17.5. The number of nitrogens with zero attached hydrogens (tertiary/aromatic N) is 2. The van der Waals surface area contributed by atoms with Crippen molar-refractivity contribution in [2.75, 3.05) is 59.4 Å². The van der Waals surface area contributed by atoms with Crippen molar-refractivity contribution < 1.29 is 0 Å². The minimum absolute atomic E-state index is 1.01. The number of thiol groups is 1. The zero-order valence-electron chi connectivity index (χ0n) is 14.4. The molecule has 0 aromatic carbocycles. The summed E-state index contributed by atoms with van der Waals surface area (Å²) in [5.74, 6) is 0. The molecule has 0 aliphatic carbocycles. The quantitative estimate of drug-likeness (QED) is 0.473. The first-order valence-electron chi connectivity index (χ1n) is 8.33. The molecule has 20 heavy (non-hydrogen) atoms. The van der Waals surface area contributed by atoms with Gasteiger partial charge in [0, 0.05) is 32.7 Å². The lowest BCUT2D eigenvalue weighted by Crippen LogP contribution is -2.47. The topological polar surface area (TPSA) is 30.5 Å². The van der Waals surface area contributed by atoms with Gasteiger partial charge >= 0.3 is 0 Å². The second-order valence-electron chi connectivity index (χ2n) is 4.40. The van der Waals surface area contributed by atoms with Crippen LogP contribution in [0.3, 0.4) is 0 Å². The molecule has 0 amide bonds. The highest BCUT2D eigenvalue weighted by Crippen LogP contribution is 2.02. The molecule has 0 aromatic rings. The standard InChI is InChI=1S/C11H26N4S.2C2H6/c1-12-4-2-6-14-8-10-15(11-9-14)7-3-5-13-16;2*1-2/h12-13,16H,2-11H2,1H3;2*1-2H3. The maximum absolute atomic E-state index is 4.00. The van der Waals surface area contributed by atoms with Crippen molar-refractivity contribution in [2.45, 2.75) is 40.5 Å². The first-order chi connectivity index (χ1) is 9.86. The van der Waals surface area contributed by atoms with E-state index in [0.717, 1.165) is 13.1 Å². The molecule has 1 aliphatic heterocycles. The number of rotatable bonds is 8. The molecule has 2 N–H and O–H groups in total. The molecule has 124 valence electrons. The Bertz CT molecular complexity index is 144. The zero-order valence-corrected chi connectivity index (χ0v) is 15.3. The van der Waals surface area contributed by atoms with Gasteiger partial charge in [-0.25, -0.2) is 0 Å². The van der Waals surface area contributed by atoms with E-state index in [0.29, 0.717) is 0 Å². The van der Waals surface area contributed by atoms with Crippen LogP contribution in [0.2, 0.25) is 0 Å². The Labute approximate surface area is 133 Å². The Kier molecular flexibility index (Phi) is 21.6. The lowest BCUT2D eigenvalue weighted by atomic mass is 10.2. The number of nitrogens with one attached hydrogen (secondary N) is 2. The molecule has 1 heterocycles. The molecule has 0 aromatic heterocycles. The van der Waals surface area contributed by atoms with E-state index in [1.165, 1.54) is 52.1 Å². The van der Waals surface area contributed by atoms with E-state index in [-0.39, 0.29) is 0 Å². The van der Waals surface area contributed by atoms with Crippen LogP contribution >= 0.6 is 12.8 Å². The third kappa shape index (κ3) is 13.2. The van der Waals surface area contributed by atoms with E-state index in [9.17, 15) is 0 Å². The lowest BCUT2D eigenvalue weighted by Gasteiger charge is -2.34. The normalized spacial score (nSPS) is 15.9. The maximum Gasteiger partial charge on any atom is 0.0110 e. The summed E-state index contributed by atoms with van der Waals surface area (Å²) in [4.78, 5) is 5.13. The SMILES string of the molecule is CC.CC.CNCCCN1CCN(CCCNS)CC1. The molecule has 5 heteroatoms. The van der Waals surface area contributed by atoms with Crippen LogP contribution in [-0.2, 0) is 0 Å². The minimum Gasteiger partial charge on any atom is -0.320 e. The monoisotopic (exact) mass is 306 g/mol. The Balaban J connectivity index is 0. The van der Waals surface area contributed by atoms with Gasteiger partial charge in [0.25, 0.3) is 0 Å². The summed E-state index contributed by atoms with van der Waals surface area (Å²) in [7, 11) is 2.02. The van der Waals surface area contributed by atoms with Crippen molar-refractivity contribution in [2.24, 2.45) is 0 Å². The maximum atomic E-state index is 4.00. The molecule has 1 saturated heterocycles. The third-order valence-electron chi connectivity index (χ3n) is 3.13. The molecule has 0 saturated carbocycles. The fraction of sp³-hybridized carbons (Fsp3) is 1.00. The minimum atomic E-state index is 1.01. The van der Waals surface area contributed by atoms with Crippen molar-refractivity contribution in [3.63, 3.8) is 0 Å². The largest absolute Gasteiger partial charge is 0.320 e. The summed E-state index contributed by atoms with van der Waals surface area (Å²) in [5.41, 5.74) is 0. The second kappa shape index (κ2) is 19.2. The van der Waals surface area contributed by atoms with Gasteiger partial charge in [-0.3, -0.25) is 4.72 Å². The van der Waals surface area contributed by atoms with E-state index in [1.54, 1.807) is 0 Å². The second-order valence-corrected chi connectivity index (χ2v) is 4.72. The molecule has 0 atom stereocenters. The van der Waals surface area contributed by atoms with E-state index >= 15 is 0 Å². The number of hydrogen-bond acceptors (Lipinski definition) is 5. The van der Waals surface area contributed by atoms with Crippen LogP contribution in [0.15, 0.2) is 0 Å². The Morgan fingerprint density at radius 3 is 1.55 bits per heavy atom. The average Bonchev–Trinajstić information content (AvgIpc) is 2.53. The van der Waals surface area contributed by atoms with Gasteiger partial charge in [0.15, 0.2) is 0 Å². The van der Waals surface area contributed by atoms with Gasteiger partial charge in [-0.2, -0.15) is 0 Å². The zero-order chi connectivity index (χ0) is 15.6. The van der Waals surface area contributed by atoms with Gasteiger partial charge in [-0.15, -0.1) is 0 Å².